The van der Waals surface area contributed by atoms with E-state index in [0.717, 1.165) is 17.2 Å². The molecular weight excluding hydrogens is 236 g/mol. The minimum atomic E-state index is 0.498. The molecule has 0 saturated heterocycles. The van der Waals surface area contributed by atoms with E-state index in [2.05, 4.69) is 34.8 Å². The van der Waals surface area contributed by atoms with Crippen molar-refractivity contribution in [3.63, 3.8) is 0 Å². The Bertz CT molecular complexity index is 469. The second-order valence-electron chi connectivity index (χ2n) is 4.23. The van der Waals surface area contributed by atoms with Crippen LogP contribution in [0.4, 0.5) is 5.13 Å². The summed E-state index contributed by atoms with van der Waals surface area (Å²) < 4.78 is 1.76. The minimum Gasteiger partial charge on any atom is -0.360 e. The molecule has 1 heterocycles. The third kappa shape index (κ3) is 1.92. The summed E-state index contributed by atoms with van der Waals surface area (Å²) in [6, 6.07) is 8.29. The van der Waals surface area contributed by atoms with Crippen LogP contribution in [-0.2, 0) is 0 Å². The molecule has 0 radical (unpaired) electrons. The van der Waals surface area contributed by atoms with Gasteiger partial charge < -0.3 is 5.32 Å². The summed E-state index contributed by atoms with van der Waals surface area (Å²) in [6.07, 6.45) is 4.88. The van der Waals surface area contributed by atoms with Crippen LogP contribution < -0.4 is 5.32 Å². The molecule has 2 nitrogen and oxygen atoms in total. The molecule has 84 valence electrons. The van der Waals surface area contributed by atoms with Crippen molar-refractivity contribution in [2.45, 2.75) is 17.6 Å². The Labute approximate surface area is 103 Å². The van der Waals surface area contributed by atoms with E-state index < -0.39 is 0 Å². The molecule has 0 bridgehead atoms. The highest BCUT2D eigenvalue weighted by molar-refractivity contribution is 8.00. The van der Waals surface area contributed by atoms with Gasteiger partial charge in [0, 0.05) is 11.3 Å². The zero-order valence-electron chi connectivity index (χ0n) is 9.19. The molecule has 0 amide bonds. The van der Waals surface area contributed by atoms with Crippen LogP contribution in [0.25, 0.3) is 10.2 Å². The molecule has 4 heteroatoms. The first-order valence-corrected chi connectivity index (χ1v) is 7.50. The topological polar surface area (TPSA) is 24.9 Å². The molecule has 1 aliphatic rings. The molecule has 0 atom stereocenters. The van der Waals surface area contributed by atoms with E-state index in [1.54, 1.807) is 11.3 Å². The van der Waals surface area contributed by atoms with Gasteiger partial charge in [0.1, 0.15) is 0 Å². The molecular formula is C12H14N2S2. The van der Waals surface area contributed by atoms with Crippen molar-refractivity contribution in [1.82, 2.24) is 4.98 Å². The van der Waals surface area contributed by atoms with Gasteiger partial charge in [0.25, 0.3) is 0 Å². The monoisotopic (exact) mass is 250 g/mol. The molecule has 0 spiro atoms. The second-order valence-corrected chi connectivity index (χ2v) is 6.53. The summed E-state index contributed by atoms with van der Waals surface area (Å²) in [5, 5.41) is 4.53. The summed E-state index contributed by atoms with van der Waals surface area (Å²) in [7, 11) is 0. The van der Waals surface area contributed by atoms with Crippen LogP contribution >= 0.6 is 23.1 Å². The summed E-state index contributed by atoms with van der Waals surface area (Å²) >= 11 is 3.72. The minimum absolute atomic E-state index is 0.498. The molecule has 0 unspecified atom stereocenters. The maximum absolute atomic E-state index is 4.58. The van der Waals surface area contributed by atoms with E-state index in [1.165, 1.54) is 17.5 Å². The third-order valence-corrected chi connectivity index (χ3v) is 5.51. The van der Waals surface area contributed by atoms with E-state index in [1.807, 2.05) is 17.8 Å². The second kappa shape index (κ2) is 3.93. The largest absolute Gasteiger partial charge is 0.360 e. The van der Waals surface area contributed by atoms with Gasteiger partial charge >= 0.3 is 0 Å². The van der Waals surface area contributed by atoms with Crippen LogP contribution in [-0.4, -0.2) is 22.5 Å². The number of para-hydroxylation sites is 1. The Morgan fingerprint density at radius 3 is 2.94 bits per heavy atom. The smallest absolute Gasteiger partial charge is 0.183 e. The number of nitrogens with zero attached hydrogens (tertiary/aromatic N) is 1. The van der Waals surface area contributed by atoms with Gasteiger partial charge in [-0.3, -0.25) is 0 Å². The third-order valence-electron chi connectivity index (χ3n) is 3.10. The summed E-state index contributed by atoms with van der Waals surface area (Å²) in [6.45, 7) is 1.05. The predicted octanol–water partition coefficient (Wildman–Crippen LogP) is 3.60. The van der Waals surface area contributed by atoms with Gasteiger partial charge in [0.2, 0.25) is 0 Å². The Balaban J connectivity index is 1.74. The standard InChI is InChI=1S/C12H14N2S2/c1-15-12(6-7-12)8-13-11-14-9-4-2-3-5-10(9)16-11/h2-5H,6-8H2,1H3,(H,13,14). The highest BCUT2D eigenvalue weighted by atomic mass is 32.2. The zero-order valence-corrected chi connectivity index (χ0v) is 10.8. The van der Waals surface area contributed by atoms with Crippen molar-refractivity contribution in [1.29, 1.82) is 0 Å². The van der Waals surface area contributed by atoms with Crippen LogP contribution in [0.2, 0.25) is 0 Å². The Morgan fingerprint density at radius 2 is 2.25 bits per heavy atom. The van der Waals surface area contributed by atoms with Crippen LogP contribution in [0.3, 0.4) is 0 Å². The molecule has 1 aromatic carbocycles. The fourth-order valence-electron chi connectivity index (χ4n) is 1.78. The molecule has 1 fully saturated rings. The van der Waals surface area contributed by atoms with Crippen molar-refractivity contribution < 1.29 is 0 Å². The summed E-state index contributed by atoms with van der Waals surface area (Å²) in [4.78, 5) is 4.58. The molecule has 1 aliphatic carbocycles. The average molecular weight is 250 g/mol. The lowest BCUT2D eigenvalue weighted by Crippen LogP contribution is -2.17. The molecule has 0 aliphatic heterocycles. The van der Waals surface area contributed by atoms with Crippen LogP contribution in [0.1, 0.15) is 12.8 Å². The van der Waals surface area contributed by atoms with E-state index in [-0.39, 0.29) is 0 Å². The van der Waals surface area contributed by atoms with Crippen molar-refractivity contribution in [3.8, 4) is 0 Å². The van der Waals surface area contributed by atoms with Gasteiger partial charge in [-0.05, 0) is 31.2 Å². The van der Waals surface area contributed by atoms with Crippen LogP contribution in [0.5, 0.6) is 0 Å². The number of aromatic nitrogens is 1. The van der Waals surface area contributed by atoms with Gasteiger partial charge in [0.05, 0.1) is 10.2 Å². The lowest BCUT2D eigenvalue weighted by molar-refractivity contribution is 0.947. The molecule has 16 heavy (non-hydrogen) atoms. The number of nitrogens with one attached hydrogen (secondary N) is 1. The zero-order chi connectivity index (χ0) is 11.0. The highest BCUT2D eigenvalue weighted by Gasteiger charge is 2.41. The summed E-state index contributed by atoms with van der Waals surface area (Å²) in [5.74, 6) is 0. The van der Waals surface area contributed by atoms with Crippen molar-refractivity contribution in [2.75, 3.05) is 18.1 Å². The quantitative estimate of drug-likeness (QED) is 0.897. The highest BCUT2D eigenvalue weighted by Crippen LogP contribution is 2.47. The van der Waals surface area contributed by atoms with Crippen molar-refractivity contribution >= 4 is 38.4 Å². The van der Waals surface area contributed by atoms with Gasteiger partial charge in [-0.15, -0.1) is 0 Å². The number of rotatable bonds is 4. The summed E-state index contributed by atoms with van der Waals surface area (Å²) in [5.41, 5.74) is 1.10. The number of anilines is 1. The SMILES string of the molecule is CSC1(CNc2nc3ccccc3s2)CC1. The number of hydrogen-bond acceptors (Lipinski definition) is 4. The normalized spacial score (nSPS) is 17.6. The lowest BCUT2D eigenvalue weighted by Gasteiger charge is -2.11. The maximum Gasteiger partial charge on any atom is 0.183 e. The maximum atomic E-state index is 4.58. The number of benzene rings is 1. The van der Waals surface area contributed by atoms with E-state index in [4.69, 9.17) is 0 Å². The fraction of sp³-hybridized carbons (Fsp3) is 0.417. The number of fused-ring (bicyclic) bond motifs is 1. The molecule has 3 rings (SSSR count). The first kappa shape index (κ1) is 10.4. The number of thiazole rings is 1. The van der Waals surface area contributed by atoms with Gasteiger partial charge in [-0.1, -0.05) is 23.5 Å². The average Bonchev–Trinajstić information content (AvgIpc) is 2.98. The van der Waals surface area contributed by atoms with Crippen molar-refractivity contribution in [3.05, 3.63) is 24.3 Å². The molecule has 1 N–H and O–H groups in total. The van der Waals surface area contributed by atoms with Crippen LogP contribution in [0, 0.1) is 0 Å². The first-order chi connectivity index (χ1) is 7.81. The van der Waals surface area contributed by atoms with Gasteiger partial charge in [-0.2, -0.15) is 11.8 Å². The Hall–Kier alpha value is -0.740. The Morgan fingerprint density at radius 1 is 1.44 bits per heavy atom. The lowest BCUT2D eigenvalue weighted by atomic mass is 10.3. The van der Waals surface area contributed by atoms with E-state index >= 15 is 0 Å². The number of thioether (sulfide) groups is 1. The number of hydrogen-bond donors (Lipinski definition) is 1. The van der Waals surface area contributed by atoms with Crippen molar-refractivity contribution in [2.24, 2.45) is 0 Å². The Kier molecular flexibility index (Phi) is 2.56. The molecule has 1 aromatic heterocycles. The first-order valence-electron chi connectivity index (χ1n) is 5.46. The van der Waals surface area contributed by atoms with Gasteiger partial charge in [0.15, 0.2) is 5.13 Å². The molecule has 2 aromatic rings. The fourth-order valence-corrected chi connectivity index (χ4v) is 3.37. The molecule has 1 saturated carbocycles. The van der Waals surface area contributed by atoms with Crippen LogP contribution in [0.15, 0.2) is 24.3 Å². The van der Waals surface area contributed by atoms with E-state index in [0.29, 0.717) is 4.75 Å². The predicted molar refractivity (Wildman–Crippen MR) is 73.6 cm³/mol. The van der Waals surface area contributed by atoms with Gasteiger partial charge in [-0.25, -0.2) is 4.98 Å². The van der Waals surface area contributed by atoms with E-state index in [9.17, 15) is 0 Å².